The molecule has 24 heavy (non-hydrogen) atoms. The second kappa shape index (κ2) is 5.76. The van der Waals surface area contributed by atoms with E-state index in [9.17, 15) is 4.79 Å². The Kier molecular flexibility index (Phi) is 3.94. The number of ether oxygens (including phenoxy) is 1. The second-order valence-corrected chi connectivity index (χ2v) is 10.2. The zero-order valence-electron chi connectivity index (χ0n) is 14.5. The van der Waals surface area contributed by atoms with E-state index in [1.807, 2.05) is 25.1 Å². The van der Waals surface area contributed by atoms with E-state index in [1.54, 1.807) is 7.11 Å². The Bertz CT molecular complexity index is 658. The van der Waals surface area contributed by atoms with E-state index in [0.29, 0.717) is 10.7 Å². The molecular formula is C20H26BrNO2. The van der Waals surface area contributed by atoms with Crippen molar-refractivity contribution < 1.29 is 9.53 Å². The first-order valence-electron chi connectivity index (χ1n) is 9.02. The van der Waals surface area contributed by atoms with Gasteiger partial charge >= 0.3 is 0 Å². The highest BCUT2D eigenvalue weighted by molar-refractivity contribution is 9.10. The third-order valence-corrected chi connectivity index (χ3v) is 7.20. The van der Waals surface area contributed by atoms with E-state index in [-0.39, 0.29) is 11.3 Å². The Morgan fingerprint density at radius 3 is 2.62 bits per heavy atom. The summed E-state index contributed by atoms with van der Waals surface area (Å²) in [5.74, 6) is 2.49. The molecule has 0 spiro atoms. The van der Waals surface area contributed by atoms with E-state index < -0.39 is 0 Å². The van der Waals surface area contributed by atoms with Crippen LogP contribution in [0.2, 0.25) is 0 Å². The smallest absolute Gasteiger partial charge is 0.225 e. The summed E-state index contributed by atoms with van der Waals surface area (Å²) >= 11 is 4.03. The Labute approximate surface area is 152 Å². The van der Waals surface area contributed by atoms with Gasteiger partial charge in [0, 0.05) is 10.7 Å². The van der Waals surface area contributed by atoms with Crippen molar-refractivity contribution >= 4 is 27.5 Å². The molecule has 130 valence electrons. The summed E-state index contributed by atoms with van der Waals surface area (Å²) in [5.41, 5.74) is 2.12. The standard InChI is InChI=1S/C20H26BrNO2/c1-13-3-4-17(24-2)16(5-13)22-18(23)11-19-7-14-6-15(8-19)10-20(21,9-14)12-19/h3-5,14-15H,6-12H2,1-2H3,(H,22,23)/t14-,15+,19?,20?. The minimum Gasteiger partial charge on any atom is -0.495 e. The number of hydrogen-bond donors (Lipinski definition) is 1. The molecule has 3 nitrogen and oxygen atoms in total. The Morgan fingerprint density at radius 2 is 2.00 bits per heavy atom. The van der Waals surface area contributed by atoms with E-state index >= 15 is 0 Å². The summed E-state index contributed by atoms with van der Waals surface area (Å²) < 4.78 is 5.69. The van der Waals surface area contributed by atoms with Gasteiger partial charge < -0.3 is 10.1 Å². The number of aryl methyl sites for hydroxylation is 1. The lowest BCUT2D eigenvalue weighted by Crippen LogP contribution is -2.53. The fourth-order valence-corrected chi connectivity index (χ4v) is 7.51. The van der Waals surface area contributed by atoms with Crippen LogP contribution >= 0.6 is 15.9 Å². The highest BCUT2D eigenvalue weighted by Gasteiger charge is 2.57. The van der Waals surface area contributed by atoms with Crippen molar-refractivity contribution in [2.24, 2.45) is 17.3 Å². The van der Waals surface area contributed by atoms with Gasteiger partial charge in [0.15, 0.2) is 0 Å². The van der Waals surface area contributed by atoms with Crippen LogP contribution in [0, 0.1) is 24.2 Å². The fourth-order valence-electron chi connectivity index (χ4n) is 6.00. The molecular weight excluding hydrogens is 366 g/mol. The molecule has 5 rings (SSSR count). The highest BCUT2D eigenvalue weighted by Crippen LogP contribution is 2.65. The number of benzene rings is 1. The van der Waals surface area contributed by atoms with Crippen LogP contribution in [-0.2, 0) is 4.79 Å². The monoisotopic (exact) mass is 391 g/mol. The van der Waals surface area contributed by atoms with Crippen LogP contribution in [0.5, 0.6) is 5.75 Å². The molecule has 4 bridgehead atoms. The maximum Gasteiger partial charge on any atom is 0.225 e. The third-order valence-electron chi connectivity index (χ3n) is 6.28. The number of methoxy groups -OCH3 is 1. The Balaban J connectivity index is 1.50. The van der Waals surface area contributed by atoms with Gasteiger partial charge in [-0.25, -0.2) is 0 Å². The lowest BCUT2D eigenvalue weighted by molar-refractivity contribution is -0.123. The van der Waals surface area contributed by atoms with Crippen molar-refractivity contribution in [3.05, 3.63) is 23.8 Å². The number of nitrogens with one attached hydrogen (secondary N) is 1. The fraction of sp³-hybridized carbons (Fsp3) is 0.650. The van der Waals surface area contributed by atoms with Crippen LogP contribution < -0.4 is 10.1 Å². The number of amides is 1. The van der Waals surface area contributed by atoms with Gasteiger partial charge in [-0.05, 0) is 80.4 Å². The number of halogens is 1. The predicted octanol–water partition coefficient (Wildman–Crippen LogP) is 5.07. The van der Waals surface area contributed by atoms with Crippen molar-refractivity contribution in [1.82, 2.24) is 0 Å². The molecule has 4 atom stereocenters. The van der Waals surface area contributed by atoms with Gasteiger partial charge in [-0.1, -0.05) is 22.0 Å². The van der Waals surface area contributed by atoms with Crippen molar-refractivity contribution in [2.45, 2.75) is 56.2 Å². The number of carbonyl (C=O) groups is 1. The maximum atomic E-state index is 12.8. The average molecular weight is 392 g/mol. The van der Waals surface area contributed by atoms with Gasteiger partial charge in [0.1, 0.15) is 5.75 Å². The van der Waals surface area contributed by atoms with Crippen LogP contribution in [0.4, 0.5) is 5.69 Å². The Hall–Kier alpha value is -1.03. The van der Waals surface area contributed by atoms with Crippen molar-refractivity contribution in [3.63, 3.8) is 0 Å². The zero-order valence-corrected chi connectivity index (χ0v) is 16.1. The van der Waals surface area contributed by atoms with E-state index in [4.69, 9.17) is 4.74 Å². The van der Waals surface area contributed by atoms with Gasteiger partial charge in [-0.2, -0.15) is 0 Å². The number of carbonyl (C=O) groups excluding carboxylic acids is 1. The molecule has 0 aromatic heterocycles. The molecule has 1 N–H and O–H groups in total. The van der Waals surface area contributed by atoms with Gasteiger partial charge in [0.05, 0.1) is 12.8 Å². The molecule has 4 heteroatoms. The van der Waals surface area contributed by atoms with E-state index in [2.05, 4.69) is 21.2 Å². The van der Waals surface area contributed by atoms with Gasteiger partial charge in [0.2, 0.25) is 5.91 Å². The van der Waals surface area contributed by atoms with Crippen LogP contribution in [0.1, 0.15) is 50.5 Å². The summed E-state index contributed by atoms with van der Waals surface area (Å²) in [6, 6.07) is 5.91. The maximum absolute atomic E-state index is 12.8. The molecule has 1 aromatic carbocycles. The first-order valence-corrected chi connectivity index (χ1v) is 9.81. The molecule has 0 aliphatic heterocycles. The third kappa shape index (κ3) is 2.98. The summed E-state index contributed by atoms with van der Waals surface area (Å²) in [6.45, 7) is 2.03. The topological polar surface area (TPSA) is 38.3 Å². The number of anilines is 1. The van der Waals surface area contributed by atoms with Gasteiger partial charge in [-0.15, -0.1) is 0 Å². The molecule has 1 amide bonds. The quantitative estimate of drug-likeness (QED) is 0.727. The van der Waals surface area contributed by atoms with E-state index in [0.717, 1.165) is 35.3 Å². The molecule has 4 aliphatic carbocycles. The predicted molar refractivity (Wildman–Crippen MR) is 99.8 cm³/mol. The minimum absolute atomic E-state index is 0.136. The van der Waals surface area contributed by atoms with Crippen LogP contribution in [0.3, 0.4) is 0 Å². The molecule has 4 fully saturated rings. The van der Waals surface area contributed by atoms with E-state index in [1.165, 1.54) is 32.1 Å². The van der Waals surface area contributed by atoms with Crippen molar-refractivity contribution in [2.75, 3.05) is 12.4 Å². The number of alkyl halides is 1. The number of rotatable bonds is 4. The summed E-state index contributed by atoms with van der Waals surface area (Å²) in [5, 5.41) is 3.11. The summed E-state index contributed by atoms with van der Waals surface area (Å²) in [7, 11) is 1.65. The lowest BCUT2D eigenvalue weighted by atomic mass is 9.48. The van der Waals surface area contributed by atoms with Gasteiger partial charge in [0.25, 0.3) is 0 Å². The SMILES string of the molecule is COc1ccc(C)cc1NC(=O)CC12C[C@@H]3C[C@@H](CC(Br)(C3)C1)C2. The normalized spacial score (nSPS) is 36.6. The molecule has 2 unspecified atom stereocenters. The largest absolute Gasteiger partial charge is 0.495 e. The first-order chi connectivity index (χ1) is 11.4. The number of hydrogen-bond acceptors (Lipinski definition) is 2. The average Bonchev–Trinajstić information content (AvgIpc) is 2.43. The molecule has 0 radical (unpaired) electrons. The summed E-state index contributed by atoms with van der Waals surface area (Å²) in [4.78, 5) is 12.8. The van der Waals surface area contributed by atoms with Gasteiger partial charge in [-0.3, -0.25) is 4.79 Å². The minimum atomic E-state index is 0.136. The molecule has 4 aliphatic rings. The molecule has 0 saturated heterocycles. The highest BCUT2D eigenvalue weighted by atomic mass is 79.9. The van der Waals surface area contributed by atoms with Crippen LogP contribution in [-0.4, -0.2) is 17.3 Å². The molecule has 0 heterocycles. The Morgan fingerprint density at radius 1 is 1.29 bits per heavy atom. The second-order valence-electron chi connectivity index (χ2n) is 8.54. The van der Waals surface area contributed by atoms with Crippen LogP contribution in [0.25, 0.3) is 0 Å². The molecule has 4 saturated carbocycles. The zero-order chi connectivity index (χ0) is 16.9. The first kappa shape index (κ1) is 16.4. The lowest BCUT2D eigenvalue weighted by Gasteiger charge is -2.60. The molecule has 1 aromatic rings. The van der Waals surface area contributed by atoms with Crippen molar-refractivity contribution in [1.29, 1.82) is 0 Å². The van der Waals surface area contributed by atoms with Crippen LogP contribution in [0.15, 0.2) is 18.2 Å². The summed E-state index contributed by atoms with van der Waals surface area (Å²) in [6.07, 6.45) is 8.25. The van der Waals surface area contributed by atoms with Crippen molar-refractivity contribution in [3.8, 4) is 5.75 Å².